The molecule has 2 aliphatic rings. The smallest absolute Gasteiger partial charge is 0.123 e. The van der Waals surface area contributed by atoms with Crippen LogP contribution in [-0.2, 0) is 6.54 Å². The molecule has 3 rings (SSSR count). The van der Waals surface area contributed by atoms with Crippen molar-refractivity contribution < 1.29 is 4.74 Å². The van der Waals surface area contributed by atoms with Gasteiger partial charge in [-0.15, -0.1) is 12.4 Å². The maximum atomic E-state index is 6.17. The summed E-state index contributed by atoms with van der Waals surface area (Å²) in [5.74, 6) is 1.76. The van der Waals surface area contributed by atoms with Crippen molar-refractivity contribution in [1.82, 2.24) is 4.90 Å². The van der Waals surface area contributed by atoms with Crippen LogP contribution in [0, 0.1) is 11.3 Å². The third kappa shape index (κ3) is 4.51. The van der Waals surface area contributed by atoms with Crippen molar-refractivity contribution in [2.24, 2.45) is 17.1 Å². The quantitative estimate of drug-likeness (QED) is 0.854. The Balaban J connectivity index is 0.00000176. The molecule has 1 aliphatic carbocycles. The van der Waals surface area contributed by atoms with Crippen LogP contribution < -0.4 is 10.5 Å². The van der Waals surface area contributed by atoms with Gasteiger partial charge in [0.15, 0.2) is 0 Å². The van der Waals surface area contributed by atoms with Crippen molar-refractivity contribution in [3.63, 3.8) is 0 Å². The molecule has 1 unspecified atom stereocenters. The summed E-state index contributed by atoms with van der Waals surface area (Å²) in [6.07, 6.45) is 3.79. The lowest BCUT2D eigenvalue weighted by Gasteiger charge is -2.23. The van der Waals surface area contributed by atoms with E-state index in [1.165, 1.54) is 24.8 Å². The zero-order valence-corrected chi connectivity index (χ0v) is 14.8. The minimum Gasteiger partial charge on any atom is -0.493 e. The van der Waals surface area contributed by atoms with Gasteiger partial charge in [0.1, 0.15) is 5.75 Å². The number of rotatable bonds is 6. The molecule has 1 aromatic carbocycles. The van der Waals surface area contributed by atoms with Gasteiger partial charge in [-0.05, 0) is 61.9 Å². The summed E-state index contributed by atoms with van der Waals surface area (Å²) in [6.45, 7) is 6.92. The first-order chi connectivity index (χ1) is 10.1. The molecule has 0 amide bonds. The fraction of sp³-hybridized carbons (Fsp3) is 0.647. The third-order valence-corrected chi connectivity index (χ3v) is 4.95. The van der Waals surface area contributed by atoms with Gasteiger partial charge >= 0.3 is 0 Å². The summed E-state index contributed by atoms with van der Waals surface area (Å²) in [4.78, 5) is 2.46. The number of nitrogens with two attached hydrogens (primary N) is 1. The van der Waals surface area contributed by atoms with Crippen molar-refractivity contribution in [3.05, 3.63) is 28.8 Å². The van der Waals surface area contributed by atoms with Crippen molar-refractivity contribution in [2.75, 3.05) is 26.2 Å². The summed E-state index contributed by atoms with van der Waals surface area (Å²) in [5.41, 5.74) is 7.35. The average Bonchev–Trinajstić information content (AvgIpc) is 3.22. The van der Waals surface area contributed by atoms with Crippen LogP contribution in [0.25, 0.3) is 0 Å². The van der Waals surface area contributed by atoms with Crippen molar-refractivity contribution in [2.45, 2.75) is 32.7 Å². The van der Waals surface area contributed by atoms with Gasteiger partial charge in [0.25, 0.3) is 0 Å². The summed E-state index contributed by atoms with van der Waals surface area (Å²) in [7, 11) is 0. The molecule has 0 spiro atoms. The lowest BCUT2D eigenvalue weighted by molar-refractivity contribution is 0.261. The Hall–Kier alpha value is -0.480. The summed E-state index contributed by atoms with van der Waals surface area (Å²) >= 11 is 6.17. The molecule has 1 aromatic rings. The lowest BCUT2D eigenvalue weighted by atomic mass is 9.90. The highest BCUT2D eigenvalue weighted by atomic mass is 35.5. The molecule has 0 bridgehead atoms. The van der Waals surface area contributed by atoms with Gasteiger partial charge in [0, 0.05) is 23.7 Å². The van der Waals surface area contributed by atoms with Crippen LogP contribution in [0.1, 0.15) is 31.7 Å². The minimum absolute atomic E-state index is 0. The summed E-state index contributed by atoms with van der Waals surface area (Å²) in [6, 6.07) is 5.97. The van der Waals surface area contributed by atoms with Crippen LogP contribution >= 0.6 is 24.0 Å². The molecule has 1 aliphatic heterocycles. The van der Waals surface area contributed by atoms with Gasteiger partial charge in [-0.3, -0.25) is 4.90 Å². The van der Waals surface area contributed by atoms with E-state index >= 15 is 0 Å². The second kappa shape index (κ2) is 7.39. The maximum Gasteiger partial charge on any atom is 0.123 e. The van der Waals surface area contributed by atoms with Gasteiger partial charge in [0.2, 0.25) is 0 Å². The first-order valence-electron chi connectivity index (χ1n) is 7.92. The maximum absolute atomic E-state index is 6.17. The first kappa shape index (κ1) is 17.9. The van der Waals surface area contributed by atoms with Crippen molar-refractivity contribution in [3.8, 4) is 5.75 Å². The Morgan fingerprint density at radius 3 is 2.82 bits per heavy atom. The van der Waals surface area contributed by atoms with Gasteiger partial charge in [-0.2, -0.15) is 0 Å². The van der Waals surface area contributed by atoms with Gasteiger partial charge < -0.3 is 10.5 Å². The Bertz CT molecular complexity index is 507. The van der Waals surface area contributed by atoms with Crippen LogP contribution in [0.5, 0.6) is 5.75 Å². The Kier molecular flexibility index (Phi) is 6.00. The van der Waals surface area contributed by atoms with Crippen molar-refractivity contribution >= 4 is 24.0 Å². The highest BCUT2D eigenvalue weighted by Crippen LogP contribution is 2.33. The standard InChI is InChI=1S/C17H25ClN2O.ClH/c1-17(11-19)6-7-20(12-17)9-14-8-15(18)4-5-16(14)21-10-13-2-3-13;/h4-5,8,13H,2-3,6-7,9-12,19H2,1H3;1H. The fourth-order valence-electron chi connectivity index (χ4n) is 2.97. The monoisotopic (exact) mass is 344 g/mol. The second-order valence-electron chi connectivity index (χ2n) is 6.98. The number of ether oxygens (including phenoxy) is 1. The topological polar surface area (TPSA) is 38.5 Å². The molecular weight excluding hydrogens is 319 g/mol. The first-order valence-corrected chi connectivity index (χ1v) is 8.29. The molecule has 22 heavy (non-hydrogen) atoms. The Morgan fingerprint density at radius 1 is 1.41 bits per heavy atom. The SMILES string of the molecule is CC1(CN)CCN(Cc2cc(Cl)ccc2OCC2CC2)C1.Cl. The van der Waals surface area contributed by atoms with Crippen molar-refractivity contribution in [1.29, 1.82) is 0 Å². The predicted octanol–water partition coefficient (Wildman–Crippen LogP) is 3.72. The molecule has 1 saturated carbocycles. The number of hydrogen-bond donors (Lipinski definition) is 1. The molecule has 3 nitrogen and oxygen atoms in total. The number of likely N-dealkylation sites (tertiary alicyclic amines) is 1. The lowest BCUT2D eigenvalue weighted by Crippen LogP contribution is -2.31. The third-order valence-electron chi connectivity index (χ3n) is 4.72. The van der Waals surface area contributed by atoms with E-state index in [4.69, 9.17) is 22.1 Å². The van der Waals surface area contributed by atoms with Crippen LogP contribution in [0.15, 0.2) is 18.2 Å². The van der Waals surface area contributed by atoms with Crippen LogP contribution in [0.2, 0.25) is 5.02 Å². The highest BCUT2D eigenvalue weighted by Gasteiger charge is 2.32. The second-order valence-corrected chi connectivity index (χ2v) is 7.42. The van der Waals surface area contributed by atoms with E-state index in [0.29, 0.717) is 0 Å². The number of benzene rings is 1. The summed E-state index contributed by atoms with van der Waals surface area (Å²) in [5, 5.41) is 0.782. The number of halogens is 2. The average molecular weight is 345 g/mol. The van der Waals surface area contributed by atoms with E-state index in [0.717, 1.165) is 49.5 Å². The van der Waals surface area contributed by atoms with Gasteiger partial charge in [0.05, 0.1) is 6.61 Å². The highest BCUT2D eigenvalue weighted by molar-refractivity contribution is 6.30. The molecule has 1 atom stereocenters. The summed E-state index contributed by atoms with van der Waals surface area (Å²) < 4.78 is 5.99. The van der Waals surface area contributed by atoms with E-state index in [1.54, 1.807) is 0 Å². The Labute approximate surface area is 144 Å². The largest absolute Gasteiger partial charge is 0.493 e. The van der Waals surface area contributed by atoms with E-state index in [9.17, 15) is 0 Å². The molecule has 0 radical (unpaired) electrons. The molecule has 124 valence electrons. The fourth-order valence-corrected chi connectivity index (χ4v) is 3.17. The zero-order chi connectivity index (χ0) is 14.9. The van der Waals surface area contributed by atoms with E-state index in [2.05, 4.69) is 11.8 Å². The van der Waals surface area contributed by atoms with E-state index in [-0.39, 0.29) is 17.8 Å². The zero-order valence-electron chi connectivity index (χ0n) is 13.2. The van der Waals surface area contributed by atoms with E-state index < -0.39 is 0 Å². The Morgan fingerprint density at radius 2 is 2.18 bits per heavy atom. The number of hydrogen-bond acceptors (Lipinski definition) is 3. The molecule has 1 heterocycles. The predicted molar refractivity (Wildman–Crippen MR) is 94.0 cm³/mol. The van der Waals surface area contributed by atoms with E-state index in [1.807, 2.05) is 18.2 Å². The molecule has 5 heteroatoms. The van der Waals surface area contributed by atoms with Crippen LogP contribution in [-0.4, -0.2) is 31.1 Å². The molecular formula is C17H26Cl2N2O. The molecule has 0 aromatic heterocycles. The molecule has 1 saturated heterocycles. The van der Waals surface area contributed by atoms with Gasteiger partial charge in [-0.25, -0.2) is 0 Å². The number of nitrogens with zero attached hydrogens (tertiary/aromatic N) is 1. The molecule has 2 N–H and O–H groups in total. The molecule has 2 fully saturated rings. The normalized spacial score (nSPS) is 25.0. The van der Waals surface area contributed by atoms with Gasteiger partial charge in [-0.1, -0.05) is 18.5 Å². The minimum atomic E-state index is 0. The van der Waals surface area contributed by atoms with Crippen LogP contribution in [0.4, 0.5) is 0 Å². The van der Waals surface area contributed by atoms with Crippen LogP contribution in [0.3, 0.4) is 0 Å².